The predicted octanol–water partition coefficient (Wildman–Crippen LogP) is 2.94. The molecule has 0 spiro atoms. The summed E-state index contributed by atoms with van der Waals surface area (Å²) in [5.41, 5.74) is 0.763. The second kappa shape index (κ2) is 6.67. The van der Waals surface area contributed by atoms with Gasteiger partial charge in [-0.25, -0.2) is 0 Å². The maximum atomic E-state index is 13.3. The molecule has 2 aliphatic rings. The van der Waals surface area contributed by atoms with Crippen molar-refractivity contribution >= 4 is 28.9 Å². The number of hydrogen-bond donors (Lipinski definition) is 1. The molecule has 6 nitrogen and oxygen atoms in total. The van der Waals surface area contributed by atoms with E-state index >= 15 is 0 Å². The highest BCUT2D eigenvalue weighted by atomic mass is 32.1. The Kier molecular flexibility index (Phi) is 4.42. The van der Waals surface area contributed by atoms with Gasteiger partial charge in [-0.1, -0.05) is 18.2 Å². The lowest BCUT2D eigenvalue weighted by Crippen LogP contribution is -2.72. The molecule has 3 atom stereocenters. The second-order valence-corrected chi connectivity index (χ2v) is 7.76. The maximum absolute atomic E-state index is 13.3. The number of ether oxygens (including phenoxy) is 2. The Morgan fingerprint density at radius 2 is 1.96 bits per heavy atom. The monoisotopic (exact) mass is 397 g/mol. The van der Waals surface area contributed by atoms with Crippen molar-refractivity contribution in [2.45, 2.75) is 18.7 Å². The molecule has 2 aromatic carbocycles. The number of methoxy groups -OCH3 is 1. The summed E-state index contributed by atoms with van der Waals surface area (Å²) in [5.74, 6) is 0.887. The fraction of sp³-hybridized carbons (Fsp3) is 0.333. The summed E-state index contributed by atoms with van der Waals surface area (Å²) in [7, 11) is 5.13. The summed E-state index contributed by atoms with van der Waals surface area (Å²) in [6.45, 7) is 1.93. The molecule has 1 saturated heterocycles. The molecule has 0 aromatic heterocycles. The van der Waals surface area contributed by atoms with Gasteiger partial charge in [0.05, 0.1) is 13.2 Å². The van der Waals surface area contributed by atoms with Crippen molar-refractivity contribution in [3.8, 4) is 11.5 Å². The highest BCUT2D eigenvalue weighted by Gasteiger charge is 2.59. The Labute approximate surface area is 170 Å². The molecular weight excluding hydrogens is 374 g/mol. The zero-order valence-electron chi connectivity index (χ0n) is 16.3. The number of benzene rings is 2. The molecule has 1 fully saturated rings. The van der Waals surface area contributed by atoms with Crippen LogP contribution in [-0.2, 0) is 4.79 Å². The van der Waals surface area contributed by atoms with E-state index in [4.69, 9.17) is 21.7 Å². The van der Waals surface area contributed by atoms with Gasteiger partial charge < -0.3 is 19.7 Å². The molecule has 2 aromatic rings. The van der Waals surface area contributed by atoms with E-state index in [1.54, 1.807) is 26.1 Å². The molecule has 0 unspecified atom stereocenters. The Hall–Kier alpha value is -2.80. The molecule has 1 amide bonds. The molecule has 2 heterocycles. The largest absolute Gasteiger partial charge is 0.497 e. The van der Waals surface area contributed by atoms with Crippen LogP contribution >= 0.6 is 12.2 Å². The van der Waals surface area contributed by atoms with Gasteiger partial charge in [-0.05, 0) is 49.5 Å². The molecule has 0 radical (unpaired) electrons. The smallest absolute Gasteiger partial charge is 0.233 e. The Bertz CT molecular complexity index is 934. The Balaban J connectivity index is 1.91. The average molecular weight is 398 g/mol. The SMILES string of the molecule is COc1ccc2c(c1)[C@H]1NC(=S)N(c3ccccc3)[C@](C)(O2)[C@H]1C(=O)N(C)C. The molecule has 1 N–H and O–H groups in total. The number of nitrogens with zero attached hydrogens (tertiary/aromatic N) is 2. The number of carbonyl (C=O) groups excluding carboxylic acids is 1. The van der Waals surface area contributed by atoms with E-state index in [0.717, 1.165) is 11.3 Å². The average Bonchev–Trinajstić information content (AvgIpc) is 2.67. The van der Waals surface area contributed by atoms with Crippen LogP contribution in [0.1, 0.15) is 18.5 Å². The number of anilines is 1. The summed E-state index contributed by atoms with van der Waals surface area (Å²) >= 11 is 5.71. The van der Waals surface area contributed by atoms with Crippen molar-refractivity contribution in [3.63, 3.8) is 0 Å². The topological polar surface area (TPSA) is 54.0 Å². The number of thiocarbonyl (C=S) groups is 1. The van der Waals surface area contributed by atoms with Crippen LogP contribution in [0, 0.1) is 5.92 Å². The van der Waals surface area contributed by atoms with Gasteiger partial charge in [0.2, 0.25) is 5.91 Å². The van der Waals surface area contributed by atoms with Gasteiger partial charge >= 0.3 is 0 Å². The maximum Gasteiger partial charge on any atom is 0.233 e. The van der Waals surface area contributed by atoms with E-state index < -0.39 is 11.6 Å². The lowest BCUT2D eigenvalue weighted by atomic mass is 9.78. The molecule has 146 valence electrons. The number of para-hydroxylation sites is 1. The molecule has 28 heavy (non-hydrogen) atoms. The highest BCUT2D eigenvalue weighted by Crippen LogP contribution is 2.50. The van der Waals surface area contributed by atoms with Crippen molar-refractivity contribution < 1.29 is 14.3 Å². The van der Waals surface area contributed by atoms with Crippen LogP contribution in [0.25, 0.3) is 0 Å². The van der Waals surface area contributed by atoms with E-state index in [1.807, 2.05) is 60.4 Å². The highest BCUT2D eigenvalue weighted by molar-refractivity contribution is 7.80. The van der Waals surface area contributed by atoms with E-state index in [1.165, 1.54) is 0 Å². The van der Waals surface area contributed by atoms with Crippen molar-refractivity contribution in [2.75, 3.05) is 26.1 Å². The van der Waals surface area contributed by atoms with E-state index in [2.05, 4.69) is 5.32 Å². The summed E-state index contributed by atoms with van der Waals surface area (Å²) < 4.78 is 11.9. The minimum Gasteiger partial charge on any atom is -0.497 e. The Morgan fingerprint density at radius 3 is 2.61 bits per heavy atom. The molecular formula is C21H23N3O3S. The van der Waals surface area contributed by atoms with Crippen molar-refractivity contribution in [3.05, 3.63) is 54.1 Å². The van der Waals surface area contributed by atoms with Gasteiger partial charge in [0.1, 0.15) is 17.4 Å². The quantitative estimate of drug-likeness (QED) is 0.804. The first-order valence-corrected chi connectivity index (χ1v) is 9.51. The lowest BCUT2D eigenvalue weighted by molar-refractivity contribution is -0.144. The third kappa shape index (κ3) is 2.69. The molecule has 2 aliphatic heterocycles. The zero-order valence-corrected chi connectivity index (χ0v) is 17.1. The first-order valence-electron chi connectivity index (χ1n) is 9.10. The number of hydrogen-bond acceptors (Lipinski definition) is 4. The van der Waals surface area contributed by atoms with Crippen LogP contribution in [0.15, 0.2) is 48.5 Å². The van der Waals surface area contributed by atoms with Crippen LogP contribution in [0.2, 0.25) is 0 Å². The van der Waals surface area contributed by atoms with Gasteiger partial charge in [0, 0.05) is 25.3 Å². The van der Waals surface area contributed by atoms with E-state index in [-0.39, 0.29) is 11.9 Å². The van der Waals surface area contributed by atoms with Crippen LogP contribution in [0.3, 0.4) is 0 Å². The number of amides is 1. The second-order valence-electron chi connectivity index (χ2n) is 7.37. The molecule has 7 heteroatoms. The molecule has 0 aliphatic carbocycles. The van der Waals surface area contributed by atoms with Crippen molar-refractivity contribution in [1.82, 2.24) is 10.2 Å². The number of nitrogens with one attached hydrogen (secondary N) is 1. The fourth-order valence-electron chi connectivity index (χ4n) is 4.11. The number of carbonyl (C=O) groups is 1. The van der Waals surface area contributed by atoms with Crippen molar-refractivity contribution in [2.24, 2.45) is 5.92 Å². The third-order valence-corrected chi connectivity index (χ3v) is 5.73. The standard InChI is InChI=1S/C21H23N3O3S/c1-21-17(19(25)23(2)3)18(15-12-14(26-4)10-11-16(15)27-21)22-20(28)24(21)13-8-6-5-7-9-13/h5-12,17-18H,1-4H3,(H,22,28)/t17-,18-,21-/m1/s1. The van der Waals surface area contributed by atoms with Crippen LogP contribution < -0.4 is 19.7 Å². The van der Waals surface area contributed by atoms with Gasteiger partial charge in [-0.3, -0.25) is 9.69 Å². The molecule has 2 bridgehead atoms. The van der Waals surface area contributed by atoms with Gasteiger partial charge in [0.25, 0.3) is 0 Å². The minimum atomic E-state index is -0.975. The Morgan fingerprint density at radius 1 is 1.25 bits per heavy atom. The predicted molar refractivity (Wildman–Crippen MR) is 112 cm³/mol. The third-order valence-electron chi connectivity index (χ3n) is 5.43. The summed E-state index contributed by atoms with van der Waals surface area (Å²) in [4.78, 5) is 16.8. The normalized spacial score (nSPS) is 25.3. The minimum absolute atomic E-state index is 0.0306. The zero-order chi connectivity index (χ0) is 20.1. The van der Waals surface area contributed by atoms with E-state index in [9.17, 15) is 4.79 Å². The molecule has 0 saturated carbocycles. The van der Waals surface area contributed by atoms with Gasteiger partial charge in [0.15, 0.2) is 10.8 Å². The van der Waals surface area contributed by atoms with Crippen LogP contribution in [-0.4, -0.2) is 42.8 Å². The first kappa shape index (κ1) is 18.6. The fourth-order valence-corrected chi connectivity index (χ4v) is 4.52. The number of fused-ring (bicyclic) bond motifs is 4. The number of rotatable bonds is 3. The summed E-state index contributed by atoms with van der Waals surface area (Å²) in [5, 5.41) is 3.91. The van der Waals surface area contributed by atoms with E-state index in [0.29, 0.717) is 16.6 Å². The lowest BCUT2D eigenvalue weighted by Gasteiger charge is -2.56. The van der Waals surface area contributed by atoms with Gasteiger partial charge in [-0.2, -0.15) is 0 Å². The van der Waals surface area contributed by atoms with Crippen LogP contribution in [0.5, 0.6) is 11.5 Å². The van der Waals surface area contributed by atoms with Crippen molar-refractivity contribution in [1.29, 1.82) is 0 Å². The summed E-state index contributed by atoms with van der Waals surface area (Å²) in [6.07, 6.45) is 0. The van der Waals surface area contributed by atoms with Gasteiger partial charge in [-0.15, -0.1) is 0 Å². The first-order chi connectivity index (χ1) is 13.4. The molecule has 4 rings (SSSR count). The van der Waals surface area contributed by atoms with Crippen LogP contribution in [0.4, 0.5) is 5.69 Å². The summed E-state index contributed by atoms with van der Waals surface area (Å²) in [6, 6.07) is 15.1.